The lowest BCUT2D eigenvalue weighted by atomic mass is 10.1. The molecule has 3 heteroatoms. The monoisotopic (exact) mass is 268 g/mol. The maximum atomic E-state index is 6.06. The maximum Gasteiger partial charge on any atom is 0.0511 e. The highest BCUT2D eigenvalue weighted by molar-refractivity contribution is 9.10. The van der Waals surface area contributed by atoms with Crippen LogP contribution in [-0.2, 0) is 0 Å². The largest absolute Gasteiger partial charge is 0.369 e. The second-order valence-electron chi connectivity index (χ2n) is 4.15. The Morgan fingerprint density at radius 2 is 2.07 bits per heavy atom. The average Bonchev–Trinajstić information content (AvgIpc) is 2.43. The van der Waals surface area contributed by atoms with E-state index in [0.717, 1.165) is 19.5 Å². The summed E-state index contributed by atoms with van der Waals surface area (Å²) in [6.45, 7) is 2.10. The van der Waals surface area contributed by atoms with Gasteiger partial charge in [0.05, 0.1) is 5.69 Å². The van der Waals surface area contributed by atoms with E-state index >= 15 is 0 Å². The lowest BCUT2D eigenvalue weighted by Crippen LogP contribution is -2.35. The van der Waals surface area contributed by atoms with Gasteiger partial charge in [-0.1, -0.05) is 18.6 Å². The molecule has 2 rings (SSSR count). The van der Waals surface area contributed by atoms with E-state index in [1.165, 1.54) is 23.0 Å². The van der Waals surface area contributed by atoms with Gasteiger partial charge in [-0.3, -0.25) is 0 Å². The molecule has 1 aromatic carbocycles. The fraction of sp³-hybridized carbons (Fsp3) is 0.500. The van der Waals surface area contributed by atoms with Crippen molar-refractivity contribution < 1.29 is 0 Å². The van der Waals surface area contributed by atoms with Gasteiger partial charge >= 0.3 is 0 Å². The maximum absolute atomic E-state index is 6.06. The van der Waals surface area contributed by atoms with Crippen LogP contribution in [0.5, 0.6) is 0 Å². The number of hydrogen-bond acceptors (Lipinski definition) is 2. The average molecular weight is 269 g/mol. The lowest BCUT2D eigenvalue weighted by Gasteiger charge is -2.25. The number of nitrogens with two attached hydrogens (primary N) is 1. The number of nitrogens with zero attached hydrogens (tertiary/aromatic N) is 1. The van der Waals surface area contributed by atoms with E-state index in [2.05, 4.69) is 39.0 Å². The van der Waals surface area contributed by atoms with Crippen molar-refractivity contribution in [3.05, 3.63) is 28.7 Å². The molecule has 1 heterocycles. The van der Waals surface area contributed by atoms with Crippen LogP contribution < -0.4 is 10.6 Å². The van der Waals surface area contributed by atoms with Crippen LogP contribution in [0.3, 0.4) is 0 Å². The van der Waals surface area contributed by atoms with Gasteiger partial charge in [0.25, 0.3) is 0 Å². The van der Waals surface area contributed by atoms with Gasteiger partial charge in [-0.15, -0.1) is 0 Å². The van der Waals surface area contributed by atoms with Gasteiger partial charge in [0.2, 0.25) is 0 Å². The zero-order valence-electron chi connectivity index (χ0n) is 8.82. The van der Waals surface area contributed by atoms with Crippen LogP contribution in [-0.4, -0.2) is 19.1 Å². The summed E-state index contributed by atoms with van der Waals surface area (Å²) in [5.74, 6) is 0. The van der Waals surface area contributed by atoms with Crippen molar-refractivity contribution in [1.29, 1.82) is 0 Å². The minimum atomic E-state index is 0.319. The van der Waals surface area contributed by atoms with Crippen LogP contribution in [0.2, 0.25) is 0 Å². The molecular weight excluding hydrogens is 252 g/mol. The minimum Gasteiger partial charge on any atom is -0.369 e. The Labute approximate surface area is 99.6 Å². The van der Waals surface area contributed by atoms with Crippen LogP contribution in [0.15, 0.2) is 28.7 Å². The van der Waals surface area contributed by atoms with E-state index in [9.17, 15) is 0 Å². The first kappa shape index (κ1) is 11.0. The Hall–Kier alpha value is -0.540. The molecule has 1 fully saturated rings. The second kappa shape index (κ2) is 4.99. The lowest BCUT2D eigenvalue weighted by molar-refractivity contribution is 0.621. The first-order valence-corrected chi connectivity index (χ1v) is 6.32. The third-order valence-corrected chi connectivity index (χ3v) is 3.57. The number of rotatable bonds is 1. The molecule has 1 aromatic rings. The van der Waals surface area contributed by atoms with Crippen LogP contribution >= 0.6 is 15.9 Å². The molecular formula is C12H17BrN2. The van der Waals surface area contributed by atoms with Crippen molar-refractivity contribution >= 4 is 21.6 Å². The van der Waals surface area contributed by atoms with E-state index < -0.39 is 0 Å². The molecule has 0 saturated carbocycles. The van der Waals surface area contributed by atoms with Crippen LogP contribution in [0.25, 0.3) is 0 Å². The standard InChI is InChI=1S/C12H17BrN2/c13-11-6-1-2-7-12(11)15-8-4-3-5-10(14)9-15/h1-2,6-7,10H,3-5,8-9,14H2. The number of halogens is 1. The molecule has 2 nitrogen and oxygen atoms in total. The third kappa shape index (κ3) is 2.73. The summed E-state index contributed by atoms with van der Waals surface area (Å²) >= 11 is 3.59. The molecule has 1 saturated heterocycles. The van der Waals surface area contributed by atoms with E-state index in [0.29, 0.717) is 6.04 Å². The Morgan fingerprint density at radius 3 is 2.87 bits per heavy atom. The topological polar surface area (TPSA) is 29.3 Å². The molecule has 0 amide bonds. The fourth-order valence-electron chi connectivity index (χ4n) is 2.10. The molecule has 0 spiro atoms. The fourth-order valence-corrected chi connectivity index (χ4v) is 2.64. The quantitative estimate of drug-likeness (QED) is 0.849. The third-order valence-electron chi connectivity index (χ3n) is 2.90. The summed E-state index contributed by atoms with van der Waals surface area (Å²) in [7, 11) is 0. The molecule has 15 heavy (non-hydrogen) atoms. The molecule has 2 N–H and O–H groups in total. The molecule has 1 aliphatic heterocycles. The van der Waals surface area contributed by atoms with Gasteiger partial charge in [-0.05, 0) is 40.9 Å². The molecule has 0 aliphatic carbocycles. The zero-order valence-corrected chi connectivity index (χ0v) is 10.4. The number of anilines is 1. The van der Waals surface area contributed by atoms with Crippen LogP contribution in [0, 0.1) is 0 Å². The molecule has 0 radical (unpaired) electrons. The van der Waals surface area contributed by atoms with Gasteiger partial charge in [-0.2, -0.15) is 0 Å². The minimum absolute atomic E-state index is 0.319. The van der Waals surface area contributed by atoms with Crippen molar-refractivity contribution in [3.63, 3.8) is 0 Å². The highest BCUT2D eigenvalue weighted by Gasteiger charge is 2.16. The normalized spacial score (nSPS) is 22.5. The smallest absolute Gasteiger partial charge is 0.0511 e. The van der Waals surface area contributed by atoms with Gasteiger partial charge in [-0.25, -0.2) is 0 Å². The molecule has 82 valence electrons. The van der Waals surface area contributed by atoms with Crippen molar-refractivity contribution in [2.45, 2.75) is 25.3 Å². The molecule has 1 aliphatic rings. The van der Waals surface area contributed by atoms with Crippen molar-refractivity contribution in [3.8, 4) is 0 Å². The Bertz CT molecular complexity index is 327. The van der Waals surface area contributed by atoms with E-state index in [4.69, 9.17) is 5.73 Å². The van der Waals surface area contributed by atoms with Gasteiger partial charge in [0.15, 0.2) is 0 Å². The van der Waals surface area contributed by atoms with Gasteiger partial charge < -0.3 is 10.6 Å². The second-order valence-corrected chi connectivity index (χ2v) is 5.01. The zero-order chi connectivity index (χ0) is 10.7. The van der Waals surface area contributed by atoms with E-state index in [-0.39, 0.29) is 0 Å². The molecule has 0 aromatic heterocycles. The molecule has 0 bridgehead atoms. The number of para-hydroxylation sites is 1. The van der Waals surface area contributed by atoms with Crippen molar-refractivity contribution in [2.75, 3.05) is 18.0 Å². The SMILES string of the molecule is NC1CCCCN(c2ccccc2Br)C1. The Morgan fingerprint density at radius 1 is 1.27 bits per heavy atom. The van der Waals surface area contributed by atoms with Crippen LogP contribution in [0.4, 0.5) is 5.69 Å². The first-order chi connectivity index (χ1) is 7.27. The number of benzene rings is 1. The van der Waals surface area contributed by atoms with Gasteiger partial charge in [0, 0.05) is 23.6 Å². The Balaban J connectivity index is 2.18. The van der Waals surface area contributed by atoms with Gasteiger partial charge in [0.1, 0.15) is 0 Å². The summed E-state index contributed by atoms with van der Waals surface area (Å²) in [6, 6.07) is 8.69. The summed E-state index contributed by atoms with van der Waals surface area (Å²) in [5.41, 5.74) is 7.33. The highest BCUT2D eigenvalue weighted by Crippen LogP contribution is 2.27. The van der Waals surface area contributed by atoms with E-state index in [1.807, 2.05) is 6.07 Å². The Kier molecular flexibility index (Phi) is 3.65. The first-order valence-electron chi connectivity index (χ1n) is 5.52. The summed E-state index contributed by atoms with van der Waals surface area (Å²) in [6.07, 6.45) is 3.65. The van der Waals surface area contributed by atoms with E-state index in [1.54, 1.807) is 0 Å². The van der Waals surface area contributed by atoms with Crippen LogP contribution in [0.1, 0.15) is 19.3 Å². The summed E-state index contributed by atoms with van der Waals surface area (Å²) in [4.78, 5) is 2.39. The molecule has 1 atom stereocenters. The molecule has 1 unspecified atom stereocenters. The summed E-state index contributed by atoms with van der Waals surface area (Å²) < 4.78 is 1.17. The number of hydrogen-bond donors (Lipinski definition) is 1. The predicted octanol–water partition coefficient (Wildman–Crippen LogP) is 2.77. The highest BCUT2D eigenvalue weighted by atomic mass is 79.9. The van der Waals surface area contributed by atoms with Crippen molar-refractivity contribution in [2.24, 2.45) is 5.73 Å². The predicted molar refractivity (Wildman–Crippen MR) is 68.2 cm³/mol. The summed E-state index contributed by atoms with van der Waals surface area (Å²) in [5, 5.41) is 0. The van der Waals surface area contributed by atoms with Crippen molar-refractivity contribution in [1.82, 2.24) is 0 Å².